The van der Waals surface area contributed by atoms with E-state index >= 15 is 0 Å². The first kappa shape index (κ1) is 20.8. The summed E-state index contributed by atoms with van der Waals surface area (Å²) in [6.45, 7) is 3.96. The zero-order valence-electron chi connectivity index (χ0n) is 16.7. The lowest BCUT2D eigenvalue weighted by Gasteiger charge is -2.34. The van der Waals surface area contributed by atoms with Gasteiger partial charge in [0.05, 0.1) is 6.54 Å². The number of rotatable bonds is 7. The van der Waals surface area contributed by atoms with Crippen molar-refractivity contribution in [3.63, 3.8) is 0 Å². The molecule has 154 valence electrons. The highest BCUT2D eigenvalue weighted by atomic mass is 19.1. The van der Waals surface area contributed by atoms with Crippen LogP contribution in [0.3, 0.4) is 0 Å². The summed E-state index contributed by atoms with van der Waals surface area (Å²) in [5.74, 6) is -0.841. The minimum absolute atomic E-state index is 0.0950. The van der Waals surface area contributed by atoms with E-state index in [0.717, 1.165) is 37.4 Å². The molecule has 1 saturated heterocycles. The molecule has 0 spiro atoms. The molecule has 6 nitrogen and oxygen atoms in total. The van der Waals surface area contributed by atoms with Gasteiger partial charge in [0.15, 0.2) is 0 Å². The third-order valence-electron chi connectivity index (χ3n) is 5.00. The molecule has 0 aromatic heterocycles. The van der Waals surface area contributed by atoms with E-state index in [9.17, 15) is 14.0 Å². The Kier molecular flexibility index (Phi) is 7.19. The van der Waals surface area contributed by atoms with Gasteiger partial charge in [0.25, 0.3) is 0 Å². The monoisotopic (exact) mass is 398 g/mol. The first-order valence-corrected chi connectivity index (χ1v) is 9.84. The number of halogens is 1. The lowest BCUT2D eigenvalue weighted by atomic mass is 10.1. The Balaban J connectivity index is 1.39. The van der Waals surface area contributed by atoms with Crippen LogP contribution in [0.1, 0.15) is 12.0 Å². The average molecular weight is 398 g/mol. The van der Waals surface area contributed by atoms with Crippen molar-refractivity contribution < 1.29 is 14.0 Å². The molecular weight excluding hydrogens is 371 g/mol. The number of benzene rings is 2. The number of aryl methyl sites for hydroxylation is 1. The first-order chi connectivity index (χ1) is 14.0. The van der Waals surface area contributed by atoms with E-state index in [-0.39, 0.29) is 30.6 Å². The average Bonchev–Trinajstić information content (AvgIpc) is 2.72. The number of anilines is 2. The molecule has 1 fully saturated rings. The van der Waals surface area contributed by atoms with Gasteiger partial charge in [-0.2, -0.15) is 0 Å². The zero-order chi connectivity index (χ0) is 20.6. The van der Waals surface area contributed by atoms with Gasteiger partial charge in [-0.3, -0.25) is 9.59 Å². The van der Waals surface area contributed by atoms with Crippen LogP contribution >= 0.6 is 0 Å². The molecule has 2 aromatic carbocycles. The van der Waals surface area contributed by atoms with Crippen molar-refractivity contribution in [2.75, 3.05) is 50.0 Å². The second kappa shape index (κ2) is 10.0. The number of nitrogens with one attached hydrogen (secondary N) is 2. The topological polar surface area (TPSA) is 64.7 Å². The Morgan fingerprint density at radius 3 is 2.41 bits per heavy atom. The van der Waals surface area contributed by atoms with Crippen LogP contribution in [0.25, 0.3) is 0 Å². The lowest BCUT2D eigenvalue weighted by molar-refractivity contribution is -0.124. The van der Waals surface area contributed by atoms with Crippen LogP contribution in [0.4, 0.5) is 15.8 Å². The van der Waals surface area contributed by atoms with Crippen molar-refractivity contribution in [2.24, 2.45) is 0 Å². The Labute approximate surface area is 170 Å². The molecule has 2 N–H and O–H groups in total. The minimum Gasteiger partial charge on any atom is -0.369 e. The minimum atomic E-state index is -0.319. The summed E-state index contributed by atoms with van der Waals surface area (Å²) in [6.07, 6.45) is 0.634. The Morgan fingerprint density at radius 1 is 1.00 bits per heavy atom. The summed E-state index contributed by atoms with van der Waals surface area (Å²) in [5.41, 5.74) is 2.59. The number of hydrogen-bond donors (Lipinski definition) is 2. The molecule has 7 heteroatoms. The quantitative estimate of drug-likeness (QED) is 0.751. The summed E-state index contributed by atoms with van der Waals surface area (Å²) in [7, 11) is 2.12. The molecule has 0 unspecified atom stereocenters. The van der Waals surface area contributed by atoms with Gasteiger partial charge in [-0.15, -0.1) is 0 Å². The number of carbonyl (C=O) groups is 2. The predicted octanol–water partition coefficient (Wildman–Crippen LogP) is 2.26. The zero-order valence-corrected chi connectivity index (χ0v) is 16.7. The van der Waals surface area contributed by atoms with E-state index in [1.54, 1.807) is 12.1 Å². The highest BCUT2D eigenvalue weighted by Crippen LogP contribution is 2.19. The van der Waals surface area contributed by atoms with E-state index in [1.165, 1.54) is 12.1 Å². The molecular formula is C22H27FN4O2. The van der Waals surface area contributed by atoms with Crippen molar-refractivity contribution in [2.45, 2.75) is 12.8 Å². The second-order valence-corrected chi connectivity index (χ2v) is 7.29. The molecule has 1 aliphatic rings. The molecule has 0 radical (unpaired) electrons. The summed E-state index contributed by atoms with van der Waals surface area (Å²) < 4.78 is 13.1. The number of hydrogen-bond acceptors (Lipinski definition) is 4. The summed E-state index contributed by atoms with van der Waals surface area (Å²) >= 11 is 0. The number of carbonyl (C=O) groups excluding carboxylic acids is 2. The predicted molar refractivity (Wildman–Crippen MR) is 113 cm³/mol. The number of likely N-dealkylation sites (N-methyl/N-ethyl adjacent to an activating group) is 1. The molecule has 0 aliphatic carbocycles. The van der Waals surface area contributed by atoms with E-state index in [4.69, 9.17) is 0 Å². The first-order valence-electron chi connectivity index (χ1n) is 9.84. The second-order valence-electron chi connectivity index (χ2n) is 7.29. The Morgan fingerprint density at radius 2 is 1.72 bits per heavy atom. The van der Waals surface area contributed by atoms with Crippen LogP contribution in [0.15, 0.2) is 48.5 Å². The fraction of sp³-hybridized carbons (Fsp3) is 0.364. The third-order valence-corrected chi connectivity index (χ3v) is 5.00. The smallest absolute Gasteiger partial charge is 0.243 e. The Hall–Kier alpha value is -2.93. The molecule has 3 rings (SSSR count). The van der Waals surface area contributed by atoms with Crippen LogP contribution in [0.5, 0.6) is 0 Å². The largest absolute Gasteiger partial charge is 0.369 e. The van der Waals surface area contributed by atoms with Crippen LogP contribution in [0.2, 0.25) is 0 Å². The van der Waals surface area contributed by atoms with E-state index in [0.29, 0.717) is 12.1 Å². The standard InChI is InChI=1S/C22H27FN4O2/c1-26-11-13-27(14-12-26)20-8-6-19(7-9-20)25-22(29)16-24-21(28)10-5-17-3-2-4-18(23)15-17/h2-4,6-9,15H,5,10-14,16H2,1H3,(H,24,28)(H,25,29). The molecule has 29 heavy (non-hydrogen) atoms. The van der Waals surface area contributed by atoms with Crippen molar-refractivity contribution in [1.82, 2.24) is 10.2 Å². The van der Waals surface area contributed by atoms with Gasteiger partial charge in [0.2, 0.25) is 11.8 Å². The van der Waals surface area contributed by atoms with Gasteiger partial charge in [-0.05, 0) is 55.4 Å². The van der Waals surface area contributed by atoms with Gasteiger partial charge in [0, 0.05) is 44.0 Å². The van der Waals surface area contributed by atoms with Crippen molar-refractivity contribution in [3.05, 3.63) is 59.9 Å². The van der Waals surface area contributed by atoms with Crippen molar-refractivity contribution in [3.8, 4) is 0 Å². The number of nitrogens with zero attached hydrogens (tertiary/aromatic N) is 2. The van der Waals surface area contributed by atoms with E-state index in [2.05, 4.69) is 27.5 Å². The maximum absolute atomic E-state index is 13.1. The fourth-order valence-electron chi connectivity index (χ4n) is 3.24. The van der Waals surface area contributed by atoms with Crippen molar-refractivity contribution in [1.29, 1.82) is 0 Å². The highest BCUT2D eigenvalue weighted by molar-refractivity contribution is 5.94. The SMILES string of the molecule is CN1CCN(c2ccc(NC(=O)CNC(=O)CCc3cccc(F)c3)cc2)CC1. The van der Waals surface area contributed by atoms with Gasteiger partial charge >= 0.3 is 0 Å². The van der Waals surface area contributed by atoms with Crippen LogP contribution in [-0.2, 0) is 16.0 Å². The maximum Gasteiger partial charge on any atom is 0.243 e. The normalized spacial score (nSPS) is 14.5. The van der Waals surface area contributed by atoms with Gasteiger partial charge < -0.3 is 20.4 Å². The maximum atomic E-state index is 13.1. The molecule has 0 bridgehead atoms. The van der Waals surface area contributed by atoms with Gasteiger partial charge in [0.1, 0.15) is 5.82 Å². The van der Waals surface area contributed by atoms with Crippen LogP contribution < -0.4 is 15.5 Å². The van der Waals surface area contributed by atoms with Gasteiger partial charge in [-0.1, -0.05) is 12.1 Å². The summed E-state index contributed by atoms with van der Waals surface area (Å²) in [6, 6.07) is 13.9. The van der Waals surface area contributed by atoms with Gasteiger partial charge in [-0.25, -0.2) is 4.39 Å². The van der Waals surface area contributed by atoms with Crippen LogP contribution in [-0.4, -0.2) is 56.5 Å². The number of piperazine rings is 1. The van der Waals surface area contributed by atoms with Crippen molar-refractivity contribution >= 4 is 23.2 Å². The van der Waals surface area contributed by atoms with Crippen LogP contribution in [0, 0.1) is 5.82 Å². The molecule has 2 aromatic rings. The molecule has 0 saturated carbocycles. The lowest BCUT2D eigenvalue weighted by Crippen LogP contribution is -2.44. The van der Waals surface area contributed by atoms with E-state index < -0.39 is 0 Å². The molecule has 1 heterocycles. The molecule has 1 aliphatic heterocycles. The molecule has 0 atom stereocenters. The fourth-order valence-corrected chi connectivity index (χ4v) is 3.24. The third kappa shape index (κ3) is 6.57. The summed E-state index contributed by atoms with van der Waals surface area (Å²) in [5, 5.41) is 5.38. The Bertz CT molecular complexity index is 833. The van der Waals surface area contributed by atoms with E-state index in [1.807, 2.05) is 24.3 Å². The molecule has 2 amide bonds. The number of amides is 2. The summed E-state index contributed by atoms with van der Waals surface area (Å²) in [4.78, 5) is 28.6. The highest BCUT2D eigenvalue weighted by Gasteiger charge is 2.14.